The van der Waals surface area contributed by atoms with Crippen molar-refractivity contribution in [2.24, 2.45) is 11.8 Å². The zero-order chi connectivity index (χ0) is 13.5. The number of hydrogen-bond acceptors (Lipinski definition) is 6. The van der Waals surface area contributed by atoms with Gasteiger partial charge in [-0.1, -0.05) is 19.0 Å². The van der Waals surface area contributed by atoms with Gasteiger partial charge in [0.1, 0.15) is 0 Å². The molecule has 0 bridgehead atoms. The number of nitrogens with zero attached hydrogens (tertiary/aromatic N) is 2. The summed E-state index contributed by atoms with van der Waals surface area (Å²) in [5.41, 5.74) is 5.57. The molecule has 1 aliphatic rings. The van der Waals surface area contributed by atoms with Gasteiger partial charge < -0.3 is 15.2 Å². The van der Waals surface area contributed by atoms with E-state index >= 15 is 0 Å². The van der Waals surface area contributed by atoms with Gasteiger partial charge in [0.15, 0.2) is 20.6 Å². The number of aromatic nitrogens is 1. The first-order chi connectivity index (χ1) is 8.29. The maximum atomic E-state index is 11.7. The van der Waals surface area contributed by atoms with Gasteiger partial charge in [0.25, 0.3) is 0 Å². The Hall–Kier alpha value is -1.24. The molecule has 0 aliphatic carbocycles. The Kier molecular flexibility index (Phi) is 3.27. The molecule has 6 nitrogen and oxygen atoms in total. The van der Waals surface area contributed by atoms with Gasteiger partial charge in [-0.15, -0.1) is 0 Å². The highest BCUT2D eigenvalue weighted by Gasteiger charge is 2.31. The minimum Gasteiger partial charge on any atom is -0.366 e. The summed E-state index contributed by atoms with van der Waals surface area (Å²) in [5.74, 6) is 1.23. The van der Waals surface area contributed by atoms with Crippen molar-refractivity contribution in [2.45, 2.75) is 25.2 Å². The number of nitrogens with two attached hydrogens (primary N) is 1. The molecule has 2 rings (SSSR count). The molecule has 2 N–H and O–H groups in total. The fourth-order valence-electron chi connectivity index (χ4n) is 2.67. The van der Waals surface area contributed by atoms with Crippen LogP contribution in [0.25, 0.3) is 0 Å². The van der Waals surface area contributed by atoms with E-state index < -0.39 is 9.84 Å². The Balaban J connectivity index is 2.40. The van der Waals surface area contributed by atoms with Crippen LogP contribution in [0.4, 0.5) is 11.7 Å². The van der Waals surface area contributed by atoms with E-state index in [-0.39, 0.29) is 10.8 Å². The first kappa shape index (κ1) is 13.2. The number of sulfone groups is 1. The monoisotopic (exact) mass is 273 g/mol. The lowest BCUT2D eigenvalue weighted by Gasteiger charge is -2.35. The molecule has 0 aromatic carbocycles. The van der Waals surface area contributed by atoms with E-state index in [0.717, 1.165) is 25.8 Å². The SMILES string of the molecule is CC1CC(C)CN(c2noc(N)c2S(C)(=O)=O)C1. The quantitative estimate of drug-likeness (QED) is 0.869. The topological polar surface area (TPSA) is 89.4 Å². The van der Waals surface area contributed by atoms with Gasteiger partial charge in [0, 0.05) is 19.3 Å². The van der Waals surface area contributed by atoms with Gasteiger partial charge in [0.05, 0.1) is 0 Å². The molecular formula is C11H19N3O3S. The molecule has 1 aliphatic heterocycles. The van der Waals surface area contributed by atoms with Crippen molar-refractivity contribution in [3.8, 4) is 0 Å². The summed E-state index contributed by atoms with van der Waals surface area (Å²) in [6.45, 7) is 5.84. The van der Waals surface area contributed by atoms with E-state index in [4.69, 9.17) is 10.3 Å². The van der Waals surface area contributed by atoms with Crippen LogP contribution < -0.4 is 10.6 Å². The highest BCUT2D eigenvalue weighted by Crippen LogP contribution is 2.33. The van der Waals surface area contributed by atoms with Crippen LogP contribution in [0.3, 0.4) is 0 Å². The lowest BCUT2D eigenvalue weighted by Crippen LogP contribution is -2.39. The van der Waals surface area contributed by atoms with Gasteiger partial charge >= 0.3 is 0 Å². The Morgan fingerprint density at radius 2 is 1.89 bits per heavy atom. The fraction of sp³-hybridized carbons (Fsp3) is 0.727. The van der Waals surface area contributed by atoms with Crippen LogP contribution in [0, 0.1) is 11.8 Å². The molecule has 0 amide bonds. The van der Waals surface area contributed by atoms with Crippen LogP contribution in [-0.4, -0.2) is 32.9 Å². The van der Waals surface area contributed by atoms with Crippen molar-refractivity contribution in [1.29, 1.82) is 0 Å². The number of piperidine rings is 1. The van der Waals surface area contributed by atoms with Crippen molar-refractivity contribution < 1.29 is 12.9 Å². The van der Waals surface area contributed by atoms with Crippen LogP contribution in [-0.2, 0) is 9.84 Å². The van der Waals surface area contributed by atoms with Gasteiger partial charge in [0.2, 0.25) is 5.88 Å². The molecule has 1 fully saturated rings. The van der Waals surface area contributed by atoms with E-state index in [2.05, 4.69) is 19.0 Å². The molecule has 2 heterocycles. The van der Waals surface area contributed by atoms with Crippen molar-refractivity contribution in [3.05, 3.63) is 0 Å². The molecule has 1 aromatic rings. The van der Waals surface area contributed by atoms with Gasteiger partial charge in [-0.25, -0.2) is 8.42 Å². The van der Waals surface area contributed by atoms with Crippen molar-refractivity contribution in [3.63, 3.8) is 0 Å². The van der Waals surface area contributed by atoms with E-state index in [1.54, 1.807) is 0 Å². The Morgan fingerprint density at radius 3 is 2.39 bits per heavy atom. The second-order valence-corrected chi connectivity index (χ2v) is 7.28. The number of rotatable bonds is 2. The molecule has 0 saturated carbocycles. The summed E-state index contributed by atoms with van der Waals surface area (Å²) >= 11 is 0. The standard InChI is InChI=1S/C11H19N3O3S/c1-7-4-8(2)6-14(5-7)11-9(18(3,15)16)10(12)17-13-11/h7-8H,4-6,12H2,1-3H3. The van der Waals surface area contributed by atoms with Crippen LogP contribution in [0.1, 0.15) is 20.3 Å². The largest absolute Gasteiger partial charge is 0.366 e. The summed E-state index contributed by atoms with van der Waals surface area (Å²) in [4.78, 5) is 1.97. The lowest BCUT2D eigenvalue weighted by molar-refractivity contribution is 0.349. The van der Waals surface area contributed by atoms with Gasteiger partial charge in [-0.2, -0.15) is 0 Å². The Labute approximate surface area is 107 Å². The molecule has 2 atom stereocenters. The summed E-state index contributed by atoms with van der Waals surface area (Å²) < 4.78 is 28.3. The van der Waals surface area contributed by atoms with Crippen molar-refractivity contribution in [1.82, 2.24) is 5.16 Å². The highest BCUT2D eigenvalue weighted by atomic mass is 32.2. The third-order valence-electron chi connectivity index (χ3n) is 3.20. The molecule has 0 radical (unpaired) electrons. The van der Waals surface area contributed by atoms with Crippen LogP contribution in [0.2, 0.25) is 0 Å². The first-order valence-corrected chi connectivity index (χ1v) is 7.88. The number of hydrogen-bond donors (Lipinski definition) is 1. The van der Waals surface area contributed by atoms with Crippen molar-refractivity contribution in [2.75, 3.05) is 30.0 Å². The number of anilines is 2. The van der Waals surface area contributed by atoms with Gasteiger partial charge in [-0.05, 0) is 18.3 Å². The maximum Gasteiger partial charge on any atom is 0.243 e. The third kappa shape index (κ3) is 2.45. The predicted molar refractivity (Wildman–Crippen MR) is 69.2 cm³/mol. The van der Waals surface area contributed by atoms with Gasteiger partial charge in [-0.3, -0.25) is 0 Å². The molecule has 1 saturated heterocycles. The van der Waals surface area contributed by atoms with E-state index in [1.165, 1.54) is 0 Å². The lowest BCUT2D eigenvalue weighted by atomic mass is 9.92. The number of nitrogen functional groups attached to an aromatic ring is 1. The molecule has 18 heavy (non-hydrogen) atoms. The zero-order valence-electron chi connectivity index (χ0n) is 10.9. The Morgan fingerprint density at radius 1 is 1.33 bits per heavy atom. The third-order valence-corrected chi connectivity index (χ3v) is 4.32. The van der Waals surface area contributed by atoms with E-state index in [9.17, 15) is 8.42 Å². The average Bonchev–Trinajstić information content (AvgIpc) is 2.57. The average molecular weight is 273 g/mol. The molecule has 102 valence electrons. The second-order valence-electron chi connectivity index (χ2n) is 5.32. The summed E-state index contributed by atoms with van der Waals surface area (Å²) in [5, 5.41) is 3.82. The van der Waals surface area contributed by atoms with Crippen LogP contribution >= 0.6 is 0 Å². The van der Waals surface area contributed by atoms with Crippen LogP contribution in [0.15, 0.2) is 9.42 Å². The molecule has 1 aromatic heterocycles. The summed E-state index contributed by atoms with van der Waals surface area (Å²) in [6, 6.07) is 0. The predicted octanol–water partition coefficient (Wildman–Crippen LogP) is 1.14. The normalized spacial score (nSPS) is 25.4. The van der Waals surface area contributed by atoms with Crippen molar-refractivity contribution >= 4 is 21.5 Å². The summed E-state index contributed by atoms with van der Waals surface area (Å²) in [6.07, 6.45) is 2.26. The first-order valence-electron chi connectivity index (χ1n) is 5.99. The second kappa shape index (κ2) is 4.46. The molecule has 0 spiro atoms. The smallest absolute Gasteiger partial charge is 0.243 e. The molecule has 2 unspecified atom stereocenters. The highest BCUT2D eigenvalue weighted by molar-refractivity contribution is 7.91. The summed E-state index contributed by atoms with van der Waals surface area (Å²) in [7, 11) is -3.43. The fourth-order valence-corrected chi connectivity index (χ4v) is 3.57. The minimum atomic E-state index is -3.43. The minimum absolute atomic E-state index is 0.0174. The van der Waals surface area contributed by atoms with E-state index in [1.807, 2.05) is 4.90 Å². The molecule has 7 heteroatoms. The maximum absolute atomic E-state index is 11.7. The molecular weight excluding hydrogens is 254 g/mol. The zero-order valence-corrected chi connectivity index (χ0v) is 11.7. The van der Waals surface area contributed by atoms with Crippen LogP contribution in [0.5, 0.6) is 0 Å². The Bertz CT molecular complexity index is 528. The van der Waals surface area contributed by atoms with E-state index in [0.29, 0.717) is 17.7 Å².